The normalized spacial score (nSPS) is 16.0. The molecule has 7 nitrogen and oxygen atoms in total. The molecule has 7 heteroatoms. The molecule has 2 aromatic carbocycles. The summed E-state index contributed by atoms with van der Waals surface area (Å²) >= 11 is 0. The number of carbonyl (C=O) groups excluding carboxylic acids is 2. The Balaban J connectivity index is 1.63. The third-order valence-corrected chi connectivity index (χ3v) is 4.82. The maximum atomic E-state index is 12.6. The van der Waals surface area contributed by atoms with Crippen LogP contribution in [0.4, 0.5) is 5.69 Å². The first-order chi connectivity index (χ1) is 13.5. The molecular weight excluding hydrogens is 360 g/mol. The summed E-state index contributed by atoms with van der Waals surface area (Å²) in [5.74, 6) is 1.46. The Morgan fingerprint density at radius 3 is 2.36 bits per heavy atom. The molecule has 2 amide bonds. The highest BCUT2D eigenvalue weighted by atomic mass is 16.5. The highest BCUT2D eigenvalue weighted by Crippen LogP contribution is 2.28. The predicted octanol–water partition coefficient (Wildman–Crippen LogP) is 2.38. The molecule has 0 spiro atoms. The fraction of sp³-hybridized carbons (Fsp3) is 0.333. The van der Waals surface area contributed by atoms with Crippen LogP contribution in [0, 0.1) is 5.92 Å². The SMILES string of the molecule is COc1ccc(N2C[C@H](C(=O)NCc3cc(OC)ccc3OC)CC2=O)cc1. The lowest BCUT2D eigenvalue weighted by Gasteiger charge is -2.17. The lowest BCUT2D eigenvalue weighted by molar-refractivity contribution is -0.126. The van der Waals surface area contributed by atoms with Crippen LogP contribution >= 0.6 is 0 Å². The lowest BCUT2D eigenvalue weighted by atomic mass is 10.1. The zero-order valence-electron chi connectivity index (χ0n) is 16.2. The van der Waals surface area contributed by atoms with Gasteiger partial charge in [0.05, 0.1) is 27.2 Å². The van der Waals surface area contributed by atoms with E-state index in [1.165, 1.54) is 0 Å². The molecule has 0 unspecified atom stereocenters. The molecule has 0 radical (unpaired) electrons. The van der Waals surface area contributed by atoms with Gasteiger partial charge in [0.1, 0.15) is 17.2 Å². The highest BCUT2D eigenvalue weighted by Gasteiger charge is 2.35. The number of hydrogen-bond acceptors (Lipinski definition) is 5. The number of anilines is 1. The van der Waals surface area contributed by atoms with Crippen molar-refractivity contribution in [2.24, 2.45) is 5.92 Å². The largest absolute Gasteiger partial charge is 0.497 e. The van der Waals surface area contributed by atoms with Gasteiger partial charge in [0.15, 0.2) is 0 Å². The van der Waals surface area contributed by atoms with Gasteiger partial charge in [0.2, 0.25) is 11.8 Å². The Bertz CT molecular complexity index is 850. The standard InChI is InChI=1S/C21H24N2O5/c1-26-17-6-4-16(5-7-17)23-13-15(11-20(23)24)21(25)22-12-14-10-18(27-2)8-9-19(14)28-3/h4-10,15H,11-13H2,1-3H3,(H,22,25)/t15-/m1/s1. The number of rotatable bonds is 7. The molecule has 2 aromatic rings. The van der Waals surface area contributed by atoms with Gasteiger partial charge in [0, 0.05) is 30.8 Å². The van der Waals surface area contributed by atoms with E-state index in [1.54, 1.807) is 50.5 Å². The molecule has 1 aliphatic heterocycles. The van der Waals surface area contributed by atoms with Crippen LogP contribution in [-0.2, 0) is 16.1 Å². The van der Waals surface area contributed by atoms with Crippen LogP contribution in [0.5, 0.6) is 17.2 Å². The second kappa shape index (κ2) is 8.65. The Morgan fingerprint density at radius 1 is 1.04 bits per heavy atom. The first-order valence-electron chi connectivity index (χ1n) is 8.98. The summed E-state index contributed by atoms with van der Waals surface area (Å²) in [6, 6.07) is 12.6. The molecule has 3 rings (SSSR count). The van der Waals surface area contributed by atoms with E-state index in [0.29, 0.717) is 24.6 Å². The third kappa shape index (κ3) is 4.19. The minimum absolute atomic E-state index is 0.0655. The quantitative estimate of drug-likeness (QED) is 0.793. The van der Waals surface area contributed by atoms with Crippen molar-refractivity contribution in [3.05, 3.63) is 48.0 Å². The zero-order valence-corrected chi connectivity index (χ0v) is 16.2. The maximum Gasteiger partial charge on any atom is 0.227 e. The van der Waals surface area contributed by atoms with Gasteiger partial charge in [-0.15, -0.1) is 0 Å². The second-order valence-corrected chi connectivity index (χ2v) is 6.50. The van der Waals surface area contributed by atoms with Crippen molar-refractivity contribution in [1.82, 2.24) is 5.32 Å². The number of methoxy groups -OCH3 is 3. The van der Waals surface area contributed by atoms with Gasteiger partial charge in [0.25, 0.3) is 0 Å². The Kier molecular flexibility index (Phi) is 6.03. The summed E-state index contributed by atoms with van der Waals surface area (Å²) in [7, 11) is 4.76. The Labute approximate surface area is 164 Å². The van der Waals surface area contributed by atoms with Gasteiger partial charge in [-0.1, -0.05) is 0 Å². The van der Waals surface area contributed by atoms with E-state index in [9.17, 15) is 9.59 Å². The van der Waals surface area contributed by atoms with Crippen LogP contribution in [0.25, 0.3) is 0 Å². The molecule has 28 heavy (non-hydrogen) atoms. The number of hydrogen-bond donors (Lipinski definition) is 1. The molecule has 1 N–H and O–H groups in total. The number of ether oxygens (including phenoxy) is 3. The van der Waals surface area contributed by atoms with Gasteiger partial charge >= 0.3 is 0 Å². The van der Waals surface area contributed by atoms with Crippen molar-refractivity contribution >= 4 is 17.5 Å². The Hall–Kier alpha value is -3.22. The highest BCUT2D eigenvalue weighted by molar-refractivity contribution is 6.00. The maximum absolute atomic E-state index is 12.6. The summed E-state index contributed by atoms with van der Waals surface area (Å²) in [6.45, 7) is 0.651. The fourth-order valence-electron chi connectivity index (χ4n) is 3.24. The van der Waals surface area contributed by atoms with E-state index in [4.69, 9.17) is 14.2 Å². The molecule has 1 saturated heterocycles. The van der Waals surface area contributed by atoms with Crippen molar-refractivity contribution in [2.75, 3.05) is 32.8 Å². The average Bonchev–Trinajstić information content (AvgIpc) is 3.13. The van der Waals surface area contributed by atoms with Gasteiger partial charge < -0.3 is 24.4 Å². The van der Waals surface area contributed by atoms with Crippen LogP contribution < -0.4 is 24.4 Å². The molecule has 0 aromatic heterocycles. The van der Waals surface area contributed by atoms with Crippen molar-refractivity contribution in [2.45, 2.75) is 13.0 Å². The van der Waals surface area contributed by atoms with Crippen molar-refractivity contribution in [3.63, 3.8) is 0 Å². The van der Waals surface area contributed by atoms with Gasteiger partial charge in [-0.3, -0.25) is 9.59 Å². The molecule has 1 aliphatic rings. The molecule has 148 valence electrons. The zero-order chi connectivity index (χ0) is 20.1. The van der Waals surface area contributed by atoms with Crippen molar-refractivity contribution in [1.29, 1.82) is 0 Å². The fourth-order valence-corrected chi connectivity index (χ4v) is 3.24. The van der Waals surface area contributed by atoms with E-state index in [-0.39, 0.29) is 18.2 Å². The summed E-state index contributed by atoms with van der Waals surface area (Å²) < 4.78 is 15.7. The minimum atomic E-state index is -0.397. The predicted molar refractivity (Wildman–Crippen MR) is 105 cm³/mol. The molecule has 1 atom stereocenters. The average molecular weight is 384 g/mol. The van der Waals surface area contributed by atoms with Crippen LogP contribution in [0.1, 0.15) is 12.0 Å². The number of carbonyl (C=O) groups is 2. The molecule has 1 heterocycles. The number of nitrogens with zero attached hydrogens (tertiary/aromatic N) is 1. The van der Waals surface area contributed by atoms with Gasteiger partial charge in [-0.2, -0.15) is 0 Å². The van der Waals surface area contributed by atoms with E-state index in [1.807, 2.05) is 18.2 Å². The van der Waals surface area contributed by atoms with Crippen LogP contribution in [0.15, 0.2) is 42.5 Å². The Morgan fingerprint density at radius 2 is 1.71 bits per heavy atom. The molecule has 1 fully saturated rings. The smallest absolute Gasteiger partial charge is 0.227 e. The number of amides is 2. The van der Waals surface area contributed by atoms with E-state index < -0.39 is 5.92 Å². The van der Waals surface area contributed by atoms with E-state index in [0.717, 1.165) is 17.0 Å². The van der Waals surface area contributed by atoms with Gasteiger partial charge in [-0.25, -0.2) is 0 Å². The number of nitrogens with one attached hydrogen (secondary N) is 1. The lowest BCUT2D eigenvalue weighted by Crippen LogP contribution is -2.32. The van der Waals surface area contributed by atoms with Crippen LogP contribution in [-0.4, -0.2) is 39.7 Å². The second-order valence-electron chi connectivity index (χ2n) is 6.50. The monoisotopic (exact) mass is 384 g/mol. The first kappa shape index (κ1) is 19.5. The van der Waals surface area contributed by atoms with Crippen LogP contribution in [0.3, 0.4) is 0 Å². The molecule has 0 aliphatic carbocycles. The van der Waals surface area contributed by atoms with Gasteiger partial charge in [-0.05, 0) is 42.5 Å². The third-order valence-electron chi connectivity index (χ3n) is 4.82. The topological polar surface area (TPSA) is 77.1 Å². The van der Waals surface area contributed by atoms with E-state index >= 15 is 0 Å². The molecular formula is C21H24N2O5. The van der Waals surface area contributed by atoms with E-state index in [2.05, 4.69) is 5.32 Å². The van der Waals surface area contributed by atoms with Crippen molar-refractivity contribution < 1.29 is 23.8 Å². The minimum Gasteiger partial charge on any atom is -0.497 e. The van der Waals surface area contributed by atoms with Crippen LogP contribution in [0.2, 0.25) is 0 Å². The molecule has 0 bridgehead atoms. The summed E-state index contributed by atoms with van der Waals surface area (Å²) in [5, 5.41) is 2.90. The summed E-state index contributed by atoms with van der Waals surface area (Å²) in [6.07, 6.45) is 0.188. The first-order valence-corrected chi connectivity index (χ1v) is 8.98. The number of benzene rings is 2. The summed E-state index contributed by atoms with van der Waals surface area (Å²) in [4.78, 5) is 26.6. The van der Waals surface area contributed by atoms with Crippen molar-refractivity contribution in [3.8, 4) is 17.2 Å². The molecule has 0 saturated carbocycles. The summed E-state index contributed by atoms with van der Waals surface area (Å²) in [5.41, 5.74) is 1.57.